The molecule has 1 aromatic carbocycles. The zero-order chi connectivity index (χ0) is 21.8. The van der Waals surface area contributed by atoms with Gasteiger partial charge in [0.25, 0.3) is 5.91 Å². The van der Waals surface area contributed by atoms with Gasteiger partial charge in [0.05, 0.1) is 26.2 Å². The molecule has 3 rings (SSSR count). The maximum Gasteiger partial charge on any atom is 0.257 e. The monoisotopic (exact) mass is 412 g/mol. The van der Waals surface area contributed by atoms with Crippen LogP contribution >= 0.6 is 0 Å². The Morgan fingerprint density at radius 1 is 1.17 bits per heavy atom. The van der Waals surface area contributed by atoms with Crippen molar-refractivity contribution in [1.29, 1.82) is 0 Å². The van der Waals surface area contributed by atoms with E-state index in [0.717, 1.165) is 29.2 Å². The largest absolute Gasteiger partial charge is 0.493 e. The van der Waals surface area contributed by atoms with Crippen molar-refractivity contribution in [2.24, 2.45) is 0 Å². The average Bonchev–Trinajstić information content (AvgIpc) is 3.25. The van der Waals surface area contributed by atoms with E-state index in [1.807, 2.05) is 13.8 Å². The van der Waals surface area contributed by atoms with Crippen molar-refractivity contribution in [1.82, 2.24) is 20.2 Å². The molecule has 1 saturated heterocycles. The van der Waals surface area contributed by atoms with Crippen molar-refractivity contribution >= 4 is 11.8 Å². The Morgan fingerprint density at radius 3 is 2.47 bits per heavy atom. The molecule has 0 spiro atoms. The molecule has 0 radical (unpaired) electrons. The normalized spacial score (nSPS) is 15.8. The number of carbonyl (C=O) groups is 2. The van der Waals surface area contributed by atoms with Gasteiger partial charge in [-0.25, -0.2) is 9.97 Å². The van der Waals surface area contributed by atoms with Gasteiger partial charge in [-0.15, -0.1) is 0 Å². The minimum atomic E-state index is -0.0991. The Balaban J connectivity index is 1.79. The summed E-state index contributed by atoms with van der Waals surface area (Å²) in [6.45, 7) is 4.95. The molecule has 1 atom stereocenters. The number of rotatable bonds is 6. The third-order valence-electron chi connectivity index (χ3n) is 5.53. The standard InChI is InChI=1S/C22H28N4O4/c1-13-17(11-19(27)23-3)14(2)25-21(24-13)15-9-10-26(12-15)22(28)16-7-6-8-18(29-4)20(16)30-5/h6-8,15H,9-12H2,1-5H3,(H,23,27)/t15-/m1/s1. The molecule has 30 heavy (non-hydrogen) atoms. The lowest BCUT2D eigenvalue weighted by atomic mass is 10.0. The molecule has 8 nitrogen and oxygen atoms in total. The predicted octanol–water partition coefficient (Wildman–Crippen LogP) is 2.03. The first-order valence-corrected chi connectivity index (χ1v) is 9.94. The second-order valence-electron chi connectivity index (χ2n) is 7.36. The van der Waals surface area contributed by atoms with Crippen LogP contribution in [-0.4, -0.2) is 61.0 Å². The van der Waals surface area contributed by atoms with Crippen LogP contribution in [0.1, 0.15) is 45.5 Å². The van der Waals surface area contributed by atoms with Crippen LogP contribution in [0.4, 0.5) is 0 Å². The molecule has 8 heteroatoms. The molecular weight excluding hydrogens is 384 g/mol. The lowest BCUT2D eigenvalue weighted by Crippen LogP contribution is -2.29. The highest BCUT2D eigenvalue weighted by Gasteiger charge is 2.32. The van der Waals surface area contributed by atoms with Gasteiger partial charge in [0, 0.05) is 43.0 Å². The average molecular weight is 412 g/mol. The molecule has 0 bridgehead atoms. The Kier molecular flexibility index (Phi) is 6.54. The first-order chi connectivity index (χ1) is 14.4. The van der Waals surface area contributed by atoms with Crippen LogP contribution in [0, 0.1) is 13.8 Å². The van der Waals surface area contributed by atoms with Crippen LogP contribution in [-0.2, 0) is 11.2 Å². The second-order valence-corrected chi connectivity index (χ2v) is 7.36. The lowest BCUT2D eigenvalue weighted by Gasteiger charge is -2.19. The number of hydrogen-bond acceptors (Lipinski definition) is 6. The van der Waals surface area contributed by atoms with Crippen LogP contribution in [0.25, 0.3) is 0 Å². The van der Waals surface area contributed by atoms with E-state index in [2.05, 4.69) is 15.3 Å². The maximum atomic E-state index is 13.1. The van der Waals surface area contributed by atoms with Crippen molar-refractivity contribution in [3.05, 3.63) is 46.5 Å². The highest BCUT2D eigenvalue weighted by molar-refractivity contribution is 5.98. The molecule has 0 unspecified atom stereocenters. The number of para-hydroxylation sites is 1. The van der Waals surface area contributed by atoms with Gasteiger partial charge in [-0.2, -0.15) is 0 Å². The van der Waals surface area contributed by atoms with Crippen LogP contribution in [0.2, 0.25) is 0 Å². The number of aromatic nitrogens is 2. The summed E-state index contributed by atoms with van der Waals surface area (Å²) in [5.74, 6) is 1.58. The van der Waals surface area contributed by atoms with Crippen molar-refractivity contribution < 1.29 is 19.1 Å². The third kappa shape index (κ3) is 4.22. The molecule has 2 heterocycles. The Labute approximate surface area is 176 Å². The number of amides is 2. The molecule has 1 aromatic heterocycles. The number of nitrogens with one attached hydrogen (secondary N) is 1. The van der Waals surface area contributed by atoms with Gasteiger partial charge in [0.15, 0.2) is 11.5 Å². The SMILES string of the molecule is CNC(=O)Cc1c(C)nc([C@@H]2CCN(C(=O)c3cccc(OC)c3OC)C2)nc1C. The number of benzene rings is 1. The summed E-state index contributed by atoms with van der Waals surface area (Å²) >= 11 is 0. The summed E-state index contributed by atoms with van der Waals surface area (Å²) in [5.41, 5.74) is 2.94. The number of hydrogen-bond donors (Lipinski definition) is 1. The zero-order valence-corrected chi connectivity index (χ0v) is 18.1. The molecule has 2 amide bonds. The smallest absolute Gasteiger partial charge is 0.257 e. The number of aryl methyl sites for hydroxylation is 2. The van der Waals surface area contributed by atoms with Crippen LogP contribution < -0.4 is 14.8 Å². The lowest BCUT2D eigenvalue weighted by molar-refractivity contribution is -0.119. The molecule has 0 saturated carbocycles. The molecule has 160 valence electrons. The molecule has 0 aliphatic carbocycles. The van der Waals surface area contributed by atoms with Crippen molar-refractivity contribution in [3.63, 3.8) is 0 Å². The number of methoxy groups -OCH3 is 2. The number of likely N-dealkylation sites (N-methyl/N-ethyl adjacent to an activating group) is 1. The second kappa shape index (κ2) is 9.11. The van der Waals surface area contributed by atoms with Gasteiger partial charge < -0.3 is 19.7 Å². The first kappa shape index (κ1) is 21.5. The van der Waals surface area contributed by atoms with E-state index < -0.39 is 0 Å². The third-order valence-corrected chi connectivity index (χ3v) is 5.53. The van der Waals surface area contributed by atoms with E-state index in [0.29, 0.717) is 30.2 Å². The summed E-state index contributed by atoms with van der Waals surface area (Å²) in [6.07, 6.45) is 1.05. The van der Waals surface area contributed by atoms with Crippen molar-refractivity contribution in [3.8, 4) is 11.5 Å². The summed E-state index contributed by atoms with van der Waals surface area (Å²) in [4.78, 5) is 36.0. The molecule has 1 N–H and O–H groups in total. The number of carbonyl (C=O) groups excluding carboxylic acids is 2. The Bertz CT molecular complexity index is 937. The van der Waals surface area contributed by atoms with E-state index in [1.54, 1.807) is 37.3 Å². The summed E-state index contributed by atoms with van der Waals surface area (Å²) in [6, 6.07) is 5.29. The molecule has 1 aliphatic rings. The quantitative estimate of drug-likeness (QED) is 0.780. The van der Waals surface area contributed by atoms with Gasteiger partial charge in [-0.1, -0.05) is 6.07 Å². The fourth-order valence-electron chi connectivity index (χ4n) is 3.83. The van der Waals surface area contributed by atoms with Gasteiger partial charge in [-0.3, -0.25) is 9.59 Å². The van der Waals surface area contributed by atoms with Crippen LogP contribution in [0.15, 0.2) is 18.2 Å². The fraction of sp³-hybridized carbons (Fsp3) is 0.455. The molecule has 2 aromatic rings. The topological polar surface area (TPSA) is 93.7 Å². The Hall–Kier alpha value is -3.16. The summed E-state index contributed by atoms with van der Waals surface area (Å²) in [7, 11) is 4.69. The molecular formula is C22H28N4O4. The van der Waals surface area contributed by atoms with E-state index in [4.69, 9.17) is 9.47 Å². The highest BCUT2D eigenvalue weighted by atomic mass is 16.5. The first-order valence-electron chi connectivity index (χ1n) is 9.94. The highest BCUT2D eigenvalue weighted by Crippen LogP contribution is 2.34. The van der Waals surface area contributed by atoms with Crippen LogP contribution in [0.3, 0.4) is 0 Å². The molecule has 1 fully saturated rings. The summed E-state index contributed by atoms with van der Waals surface area (Å²) in [5, 5.41) is 2.63. The molecule has 1 aliphatic heterocycles. The Morgan fingerprint density at radius 2 is 1.87 bits per heavy atom. The van der Waals surface area contributed by atoms with Gasteiger partial charge in [0.1, 0.15) is 5.82 Å². The van der Waals surface area contributed by atoms with E-state index >= 15 is 0 Å². The van der Waals surface area contributed by atoms with Crippen LogP contribution in [0.5, 0.6) is 11.5 Å². The number of ether oxygens (including phenoxy) is 2. The minimum Gasteiger partial charge on any atom is -0.493 e. The van der Waals surface area contributed by atoms with E-state index in [1.165, 1.54) is 7.11 Å². The predicted molar refractivity (Wildman–Crippen MR) is 112 cm³/mol. The van der Waals surface area contributed by atoms with E-state index in [9.17, 15) is 9.59 Å². The van der Waals surface area contributed by atoms with Crippen molar-refractivity contribution in [2.75, 3.05) is 34.4 Å². The van der Waals surface area contributed by atoms with Gasteiger partial charge in [-0.05, 0) is 32.4 Å². The number of likely N-dealkylation sites (tertiary alicyclic amines) is 1. The minimum absolute atomic E-state index is 0.0528. The number of nitrogens with zero attached hydrogens (tertiary/aromatic N) is 3. The van der Waals surface area contributed by atoms with Crippen molar-refractivity contribution in [2.45, 2.75) is 32.6 Å². The maximum absolute atomic E-state index is 13.1. The van der Waals surface area contributed by atoms with Gasteiger partial charge >= 0.3 is 0 Å². The summed E-state index contributed by atoms with van der Waals surface area (Å²) < 4.78 is 10.7. The fourth-order valence-corrected chi connectivity index (χ4v) is 3.83. The van der Waals surface area contributed by atoms with Gasteiger partial charge in [0.2, 0.25) is 5.91 Å². The van der Waals surface area contributed by atoms with E-state index in [-0.39, 0.29) is 24.2 Å². The zero-order valence-electron chi connectivity index (χ0n) is 18.1.